The van der Waals surface area contributed by atoms with E-state index in [0.29, 0.717) is 37.6 Å². The van der Waals surface area contributed by atoms with E-state index in [1.807, 2.05) is 6.07 Å². The molecule has 0 radical (unpaired) electrons. The molecule has 3 rings (SSSR count). The van der Waals surface area contributed by atoms with Crippen molar-refractivity contribution >= 4 is 29.3 Å². The maximum absolute atomic E-state index is 11.9. The van der Waals surface area contributed by atoms with Gasteiger partial charge in [-0.25, -0.2) is 10.2 Å². The zero-order valence-electron chi connectivity index (χ0n) is 14.5. The second-order valence-electron chi connectivity index (χ2n) is 5.79. The highest BCUT2D eigenvalue weighted by Crippen LogP contribution is 2.25. The second kappa shape index (κ2) is 8.77. The summed E-state index contributed by atoms with van der Waals surface area (Å²) in [6.45, 7) is 2.54. The summed E-state index contributed by atoms with van der Waals surface area (Å²) in [5.41, 5.74) is 4.31. The number of hydrogen-bond donors (Lipinski definition) is 2. The predicted molar refractivity (Wildman–Crippen MR) is 102 cm³/mol. The van der Waals surface area contributed by atoms with Crippen LogP contribution >= 0.6 is 0 Å². The number of hydrogen-bond acceptors (Lipinski definition) is 6. The lowest BCUT2D eigenvalue weighted by atomic mass is 10.1. The molecule has 1 heterocycles. The summed E-state index contributed by atoms with van der Waals surface area (Å²) < 4.78 is 5.34. The summed E-state index contributed by atoms with van der Waals surface area (Å²) in [4.78, 5) is 24.6. The van der Waals surface area contributed by atoms with Gasteiger partial charge < -0.3 is 15.0 Å². The highest BCUT2D eigenvalue weighted by Gasteiger charge is 2.17. The number of hydrazone groups is 1. The summed E-state index contributed by atoms with van der Waals surface area (Å²) in [6.07, 6.45) is 1.41. The van der Waals surface area contributed by atoms with Crippen molar-refractivity contribution in [3.8, 4) is 0 Å². The van der Waals surface area contributed by atoms with E-state index >= 15 is 0 Å². The molecule has 0 unspecified atom stereocenters. The smallest absolute Gasteiger partial charge is 0.339 e. The van der Waals surface area contributed by atoms with Crippen LogP contribution in [0.15, 0.2) is 53.6 Å². The first kappa shape index (κ1) is 18.3. The van der Waals surface area contributed by atoms with Crippen molar-refractivity contribution in [2.45, 2.75) is 0 Å². The minimum atomic E-state index is -0.504. The monoisotopic (exact) mass is 369 g/mol. The minimum absolute atomic E-state index is 0.0396. The van der Waals surface area contributed by atoms with Crippen LogP contribution in [-0.4, -0.2) is 43.5 Å². The number of nitro benzene ring substituents is 1. The van der Waals surface area contributed by atoms with E-state index < -0.39 is 11.0 Å². The largest absolute Gasteiger partial charge is 0.378 e. The topological polar surface area (TPSA) is 109 Å². The van der Waals surface area contributed by atoms with Gasteiger partial charge in [-0.15, -0.1) is 0 Å². The van der Waals surface area contributed by atoms with E-state index in [-0.39, 0.29) is 5.69 Å². The molecule has 0 bridgehead atoms. The van der Waals surface area contributed by atoms with Gasteiger partial charge >= 0.3 is 6.03 Å². The summed E-state index contributed by atoms with van der Waals surface area (Å²) in [5, 5.41) is 17.6. The summed E-state index contributed by atoms with van der Waals surface area (Å²) in [6, 6.07) is 13.0. The van der Waals surface area contributed by atoms with E-state index in [1.54, 1.807) is 30.3 Å². The normalized spacial score (nSPS) is 14.1. The quantitative estimate of drug-likeness (QED) is 0.478. The molecule has 0 aromatic heterocycles. The van der Waals surface area contributed by atoms with Gasteiger partial charge in [0.2, 0.25) is 0 Å². The Balaban J connectivity index is 1.73. The minimum Gasteiger partial charge on any atom is -0.378 e. The molecule has 2 amide bonds. The number of nitrogens with zero attached hydrogens (tertiary/aromatic N) is 3. The van der Waals surface area contributed by atoms with Crippen LogP contribution in [0.1, 0.15) is 5.56 Å². The maximum atomic E-state index is 11.9. The molecule has 1 fully saturated rings. The Morgan fingerprint density at radius 2 is 1.93 bits per heavy atom. The SMILES string of the molecule is O=C(N/N=C/c1cc([N+](=O)[O-])ccc1N1CCOCC1)Nc1ccccc1. The van der Waals surface area contributed by atoms with Crippen LogP contribution in [0.2, 0.25) is 0 Å². The van der Waals surface area contributed by atoms with Crippen LogP contribution in [0.3, 0.4) is 0 Å². The fraction of sp³-hybridized carbons (Fsp3) is 0.222. The van der Waals surface area contributed by atoms with Gasteiger partial charge in [-0.2, -0.15) is 5.10 Å². The third kappa shape index (κ3) is 5.02. The van der Waals surface area contributed by atoms with Crippen LogP contribution in [-0.2, 0) is 4.74 Å². The standard InChI is InChI=1S/C18H19N5O4/c24-18(20-15-4-2-1-3-5-15)21-19-13-14-12-16(23(25)26)6-7-17(14)22-8-10-27-11-9-22/h1-7,12-13H,8-11H2,(H2,20,21,24)/b19-13+. The van der Waals surface area contributed by atoms with E-state index in [0.717, 1.165) is 5.69 Å². The predicted octanol–water partition coefficient (Wildman–Crippen LogP) is 2.59. The number of urea groups is 1. The number of carbonyl (C=O) groups is 1. The first-order valence-electron chi connectivity index (χ1n) is 8.40. The van der Waals surface area contributed by atoms with Gasteiger partial charge in [-0.3, -0.25) is 10.1 Å². The average Bonchev–Trinajstić information content (AvgIpc) is 2.69. The Kier molecular flexibility index (Phi) is 5.95. The zero-order chi connectivity index (χ0) is 19.1. The van der Waals surface area contributed by atoms with Crippen molar-refractivity contribution in [1.82, 2.24) is 5.43 Å². The maximum Gasteiger partial charge on any atom is 0.339 e. The highest BCUT2D eigenvalue weighted by atomic mass is 16.6. The Bertz CT molecular complexity index is 835. The first-order valence-corrected chi connectivity index (χ1v) is 8.40. The third-order valence-electron chi connectivity index (χ3n) is 3.98. The van der Waals surface area contributed by atoms with Crippen LogP contribution in [0.25, 0.3) is 0 Å². The molecule has 0 aliphatic carbocycles. The van der Waals surface area contributed by atoms with Gasteiger partial charge in [-0.1, -0.05) is 18.2 Å². The van der Waals surface area contributed by atoms with E-state index in [2.05, 4.69) is 20.7 Å². The fourth-order valence-electron chi connectivity index (χ4n) is 2.69. The molecule has 9 heteroatoms. The zero-order valence-corrected chi connectivity index (χ0v) is 14.5. The van der Waals surface area contributed by atoms with E-state index in [9.17, 15) is 14.9 Å². The molecule has 0 atom stereocenters. The van der Waals surface area contributed by atoms with Gasteiger partial charge in [0, 0.05) is 42.2 Å². The number of amides is 2. The van der Waals surface area contributed by atoms with E-state index in [4.69, 9.17) is 4.74 Å². The number of ether oxygens (including phenoxy) is 1. The number of nitro groups is 1. The molecule has 140 valence electrons. The van der Waals surface area contributed by atoms with Gasteiger partial charge in [0.05, 0.1) is 24.4 Å². The van der Waals surface area contributed by atoms with Crippen LogP contribution < -0.4 is 15.6 Å². The molecule has 1 saturated heterocycles. The number of benzene rings is 2. The molecule has 27 heavy (non-hydrogen) atoms. The number of morpholine rings is 1. The second-order valence-corrected chi connectivity index (χ2v) is 5.79. The lowest BCUT2D eigenvalue weighted by molar-refractivity contribution is -0.384. The number of carbonyl (C=O) groups excluding carboxylic acids is 1. The summed E-state index contributed by atoms with van der Waals surface area (Å²) in [7, 11) is 0. The average molecular weight is 369 g/mol. The summed E-state index contributed by atoms with van der Waals surface area (Å²) >= 11 is 0. The van der Waals surface area contributed by atoms with Gasteiger partial charge in [0.15, 0.2) is 0 Å². The molecule has 9 nitrogen and oxygen atoms in total. The van der Waals surface area contributed by atoms with Crippen LogP contribution in [0.5, 0.6) is 0 Å². The molecular weight excluding hydrogens is 350 g/mol. The molecule has 0 saturated carbocycles. The van der Waals surface area contributed by atoms with Crippen molar-refractivity contribution < 1.29 is 14.5 Å². The lowest BCUT2D eigenvalue weighted by Gasteiger charge is -2.29. The molecular formula is C18H19N5O4. The van der Waals surface area contributed by atoms with Gasteiger partial charge in [0.25, 0.3) is 5.69 Å². The summed E-state index contributed by atoms with van der Waals surface area (Å²) in [5.74, 6) is 0. The van der Waals surface area contributed by atoms with E-state index in [1.165, 1.54) is 18.3 Å². The molecule has 2 aromatic carbocycles. The van der Waals surface area contributed by atoms with Crippen LogP contribution in [0, 0.1) is 10.1 Å². The van der Waals surface area contributed by atoms with Crippen molar-refractivity contribution in [3.05, 3.63) is 64.2 Å². The Morgan fingerprint density at radius 3 is 2.63 bits per heavy atom. The van der Waals surface area contributed by atoms with Gasteiger partial charge in [0.1, 0.15) is 0 Å². The Hall–Kier alpha value is -3.46. The highest BCUT2D eigenvalue weighted by molar-refractivity contribution is 5.92. The molecule has 2 N–H and O–H groups in total. The number of rotatable bonds is 5. The molecule has 0 spiro atoms. The molecule has 1 aliphatic heterocycles. The Labute approximate surface area is 155 Å². The first-order chi connectivity index (χ1) is 13.1. The van der Waals surface area contributed by atoms with Gasteiger partial charge in [-0.05, 0) is 18.2 Å². The number of nitrogens with one attached hydrogen (secondary N) is 2. The van der Waals surface area contributed by atoms with Crippen molar-refractivity contribution in [3.63, 3.8) is 0 Å². The number of anilines is 2. The molecule has 1 aliphatic rings. The van der Waals surface area contributed by atoms with Crippen LogP contribution in [0.4, 0.5) is 21.9 Å². The third-order valence-corrected chi connectivity index (χ3v) is 3.98. The number of non-ortho nitro benzene ring substituents is 1. The van der Waals surface area contributed by atoms with Crippen molar-refractivity contribution in [2.75, 3.05) is 36.5 Å². The number of para-hydroxylation sites is 1. The molecule has 2 aromatic rings. The lowest BCUT2D eigenvalue weighted by Crippen LogP contribution is -2.36. The van der Waals surface area contributed by atoms with Crippen molar-refractivity contribution in [1.29, 1.82) is 0 Å². The Morgan fingerprint density at radius 1 is 1.19 bits per heavy atom. The fourth-order valence-corrected chi connectivity index (χ4v) is 2.69. The van der Waals surface area contributed by atoms with Crippen molar-refractivity contribution in [2.24, 2.45) is 5.10 Å².